The zero-order chi connectivity index (χ0) is 17.9. The first kappa shape index (κ1) is 18.9. The number of esters is 1. The lowest BCUT2D eigenvalue weighted by atomic mass is 10.2. The van der Waals surface area contributed by atoms with Crippen LogP contribution in [-0.4, -0.2) is 37.4 Å². The van der Waals surface area contributed by atoms with E-state index in [2.05, 4.69) is 5.32 Å². The second-order valence-corrected chi connectivity index (χ2v) is 6.39. The van der Waals surface area contributed by atoms with Gasteiger partial charge >= 0.3 is 5.97 Å². The van der Waals surface area contributed by atoms with Crippen molar-refractivity contribution in [1.29, 1.82) is 0 Å². The van der Waals surface area contributed by atoms with Crippen LogP contribution in [-0.2, 0) is 14.3 Å². The molecule has 0 aliphatic heterocycles. The highest BCUT2D eigenvalue weighted by Crippen LogP contribution is 2.16. The largest absolute Gasteiger partial charge is 0.482 e. The smallest absolute Gasteiger partial charge is 0.344 e. The average molecular weight is 359 g/mol. The number of para-hydroxylation sites is 1. The van der Waals surface area contributed by atoms with Crippen molar-refractivity contribution >= 4 is 23.6 Å². The summed E-state index contributed by atoms with van der Waals surface area (Å²) in [7, 11) is 0. The minimum atomic E-state index is -0.572. The molecule has 0 unspecified atom stereocenters. The van der Waals surface area contributed by atoms with Crippen LogP contribution in [0.4, 0.5) is 0 Å². The lowest BCUT2D eigenvalue weighted by Crippen LogP contribution is -2.31. The van der Waals surface area contributed by atoms with E-state index < -0.39 is 5.97 Å². The summed E-state index contributed by atoms with van der Waals surface area (Å²) in [5, 5.41) is 2.71. The molecule has 1 amide bonds. The lowest BCUT2D eigenvalue weighted by molar-refractivity contribution is -0.150. The van der Waals surface area contributed by atoms with Crippen molar-refractivity contribution in [2.45, 2.75) is 11.8 Å². The summed E-state index contributed by atoms with van der Waals surface area (Å²) in [6, 6.07) is 17.3. The molecule has 0 radical (unpaired) electrons. The van der Waals surface area contributed by atoms with E-state index in [1.54, 1.807) is 17.8 Å². The first-order chi connectivity index (χ1) is 12.1. The molecule has 0 aromatic heterocycles. The van der Waals surface area contributed by atoms with Crippen LogP contribution in [0.2, 0.25) is 0 Å². The number of ether oxygens (including phenoxy) is 2. The molecule has 0 saturated heterocycles. The van der Waals surface area contributed by atoms with E-state index in [0.717, 1.165) is 16.2 Å². The SMILES string of the molecule is Cc1ccccc1OCC(=O)OCC(=O)NCCSc1ccccc1. The van der Waals surface area contributed by atoms with Crippen LogP contribution < -0.4 is 10.1 Å². The van der Waals surface area contributed by atoms with Crippen LogP contribution in [0.15, 0.2) is 59.5 Å². The molecule has 0 fully saturated rings. The van der Waals surface area contributed by atoms with Crippen molar-refractivity contribution < 1.29 is 19.1 Å². The Morgan fingerprint density at radius 2 is 1.72 bits per heavy atom. The van der Waals surface area contributed by atoms with Gasteiger partial charge in [0.2, 0.25) is 0 Å². The molecule has 5 nitrogen and oxygen atoms in total. The molecule has 0 aliphatic carbocycles. The third-order valence-electron chi connectivity index (χ3n) is 3.24. The number of thioether (sulfide) groups is 1. The Bertz CT molecular complexity index is 691. The van der Waals surface area contributed by atoms with E-state index in [4.69, 9.17) is 9.47 Å². The zero-order valence-electron chi connectivity index (χ0n) is 14.1. The minimum absolute atomic E-state index is 0.220. The fraction of sp³-hybridized carbons (Fsp3) is 0.263. The standard InChI is InChI=1S/C19H21NO4S/c1-15-7-5-6-10-17(15)23-14-19(22)24-13-18(21)20-11-12-25-16-8-3-2-4-9-16/h2-10H,11-14H2,1H3,(H,20,21). The summed E-state index contributed by atoms with van der Waals surface area (Å²) in [5.74, 6) is 0.483. The van der Waals surface area contributed by atoms with Gasteiger partial charge in [-0.1, -0.05) is 36.4 Å². The molecule has 132 valence electrons. The molecular weight excluding hydrogens is 338 g/mol. The first-order valence-electron chi connectivity index (χ1n) is 7.94. The zero-order valence-corrected chi connectivity index (χ0v) is 14.9. The maximum Gasteiger partial charge on any atom is 0.344 e. The van der Waals surface area contributed by atoms with E-state index in [-0.39, 0.29) is 19.1 Å². The van der Waals surface area contributed by atoms with E-state index in [1.807, 2.05) is 55.5 Å². The van der Waals surface area contributed by atoms with Crippen LogP contribution in [0.5, 0.6) is 5.75 Å². The van der Waals surface area contributed by atoms with E-state index in [1.165, 1.54) is 0 Å². The van der Waals surface area contributed by atoms with Gasteiger partial charge < -0.3 is 14.8 Å². The van der Waals surface area contributed by atoms with Gasteiger partial charge in [0.1, 0.15) is 5.75 Å². The van der Waals surface area contributed by atoms with Crippen molar-refractivity contribution in [1.82, 2.24) is 5.32 Å². The van der Waals surface area contributed by atoms with Gasteiger partial charge in [0.05, 0.1) is 0 Å². The summed E-state index contributed by atoms with van der Waals surface area (Å²) in [4.78, 5) is 24.4. The van der Waals surface area contributed by atoms with E-state index in [9.17, 15) is 9.59 Å². The van der Waals surface area contributed by atoms with Crippen LogP contribution in [0.25, 0.3) is 0 Å². The second kappa shape index (κ2) is 10.4. The predicted octanol–water partition coefficient (Wildman–Crippen LogP) is 2.83. The van der Waals surface area contributed by atoms with Gasteiger partial charge in [-0.25, -0.2) is 4.79 Å². The van der Waals surface area contributed by atoms with Gasteiger partial charge in [-0.05, 0) is 30.7 Å². The number of carbonyl (C=O) groups is 2. The van der Waals surface area contributed by atoms with Crippen molar-refractivity contribution in [3.05, 3.63) is 60.2 Å². The molecular formula is C19H21NO4S. The Morgan fingerprint density at radius 3 is 2.48 bits per heavy atom. The van der Waals surface area contributed by atoms with Crippen LogP contribution in [0, 0.1) is 6.92 Å². The Kier molecular flexibility index (Phi) is 7.85. The first-order valence-corrected chi connectivity index (χ1v) is 8.92. The Labute approximate surface area is 151 Å². The van der Waals surface area contributed by atoms with Gasteiger partial charge in [-0.2, -0.15) is 0 Å². The predicted molar refractivity (Wildman–Crippen MR) is 97.8 cm³/mol. The van der Waals surface area contributed by atoms with E-state index >= 15 is 0 Å². The number of carbonyl (C=O) groups excluding carboxylic acids is 2. The monoisotopic (exact) mass is 359 g/mol. The third-order valence-corrected chi connectivity index (χ3v) is 4.25. The molecule has 1 N–H and O–H groups in total. The summed E-state index contributed by atoms with van der Waals surface area (Å²) < 4.78 is 10.3. The highest BCUT2D eigenvalue weighted by atomic mass is 32.2. The number of hydrogen-bond acceptors (Lipinski definition) is 5. The van der Waals surface area contributed by atoms with E-state index in [0.29, 0.717) is 12.3 Å². The van der Waals surface area contributed by atoms with Crippen molar-refractivity contribution in [3.8, 4) is 5.75 Å². The maximum atomic E-state index is 11.6. The third kappa shape index (κ3) is 7.30. The van der Waals surface area contributed by atoms with Crippen LogP contribution in [0.3, 0.4) is 0 Å². The van der Waals surface area contributed by atoms with Crippen LogP contribution >= 0.6 is 11.8 Å². The lowest BCUT2D eigenvalue weighted by Gasteiger charge is -2.09. The fourth-order valence-corrected chi connectivity index (χ4v) is 2.76. The minimum Gasteiger partial charge on any atom is -0.482 e. The summed E-state index contributed by atoms with van der Waals surface area (Å²) >= 11 is 1.65. The molecule has 6 heteroatoms. The van der Waals surface area contributed by atoms with Gasteiger partial charge in [0.15, 0.2) is 13.2 Å². The van der Waals surface area contributed by atoms with Crippen molar-refractivity contribution in [2.75, 3.05) is 25.5 Å². The molecule has 0 heterocycles. The number of benzene rings is 2. The summed E-state index contributed by atoms with van der Waals surface area (Å²) in [6.45, 7) is 1.88. The van der Waals surface area contributed by atoms with Crippen molar-refractivity contribution in [3.63, 3.8) is 0 Å². The molecule has 2 aromatic carbocycles. The Hall–Kier alpha value is -2.47. The van der Waals surface area contributed by atoms with Gasteiger partial charge in [-0.15, -0.1) is 11.8 Å². The normalized spacial score (nSPS) is 10.1. The molecule has 0 spiro atoms. The van der Waals surface area contributed by atoms with Gasteiger partial charge in [0, 0.05) is 17.2 Å². The average Bonchev–Trinajstić information content (AvgIpc) is 2.64. The number of hydrogen-bond donors (Lipinski definition) is 1. The molecule has 0 bridgehead atoms. The molecule has 25 heavy (non-hydrogen) atoms. The fourth-order valence-electron chi connectivity index (χ4n) is 1.97. The van der Waals surface area contributed by atoms with Crippen LogP contribution in [0.1, 0.15) is 5.56 Å². The Balaban J connectivity index is 1.56. The number of rotatable bonds is 9. The van der Waals surface area contributed by atoms with Gasteiger partial charge in [0.25, 0.3) is 5.91 Å². The quantitative estimate of drug-likeness (QED) is 0.424. The molecule has 0 atom stereocenters. The number of nitrogens with one attached hydrogen (secondary N) is 1. The topological polar surface area (TPSA) is 64.6 Å². The molecule has 2 rings (SSSR count). The Morgan fingerprint density at radius 1 is 1.00 bits per heavy atom. The number of aryl methyl sites for hydroxylation is 1. The summed E-state index contributed by atoms with van der Waals surface area (Å²) in [6.07, 6.45) is 0. The molecule has 0 aliphatic rings. The highest BCUT2D eigenvalue weighted by Gasteiger charge is 2.09. The van der Waals surface area contributed by atoms with Crippen molar-refractivity contribution in [2.24, 2.45) is 0 Å². The molecule has 2 aromatic rings. The second-order valence-electron chi connectivity index (χ2n) is 5.23. The summed E-state index contributed by atoms with van der Waals surface area (Å²) in [5.41, 5.74) is 0.934. The highest BCUT2D eigenvalue weighted by molar-refractivity contribution is 7.99. The number of amides is 1. The maximum absolute atomic E-state index is 11.6. The van der Waals surface area contributed by atoms with Gasteiger partial charge in [-0.3, -0.25) is 4.79 Å². The molecule has 0 saturated carbocycles.